The third kappa shape index (κ3) is 2.34. The van der Waals surface area contributed by atoms with Gasteiger partial charge in [-0.3, -0.25) is 4.90 Å². The molecule has 108 valence electrons. The number of carbonyl (C=O) groups is 2. The molecule has 1 amide bonds. The highest BCUT2D eigenvalue weighted by atomic mass is 16.6. The number of hydrogen-bond acceptors (Lipinski definition) is 6. The van der Waals surface area contributed by atoms with Crippen molar-refractivity contribution >= 4 is 23.4 Å². The average molecular weight is 280 g/mol. The van der Waals surface area contributed by atoms with Crippen LogP contribution in [0.1, 0.15) is 17.3 Å². The highest BCUT2D eigenvalue weighted by molar-refractivity contribution is 6.07. The third-order valence-corrected chi connectivity index (χ3v) is 2.90. The van der Waals surface area contributed by atoms with E-state index >= 15 is 0 Å². The number of amides is 1. The first-order chi connectivity index (χ1) is 9.60. The van der Waals surface area contributed by atoms with Gasteiger partial charge in [0.05, 0.1) is 20.3 Å². The second kappa shape index (κ2) is 5.68. The van der Waals surface area contributed by atoms with Crippen molar-refractivity contribution in [2.45, 2.75) is 6.92 Å². The molecule has 20 heavy (non-hydrogen) atoms. The van der Waals surface area contributed by atoms with E-state index in [9.17, 15) is 9.59 Å². The monoisotopic (exact) mass is 280 g/mol. The number of nitrogens with zero attached hydrogens (tertiary/aromatic N) is 1. The summed E-state index contributed by atoms with van der Waals surface area (Å²) in [6.45, 7) is 2.47. The molecule has 0 radical (unpaired) electrons. The number of anilines is 2. The number of ether oxygens (including phenoxy) is 3. The number of benzene rings is 1. The van der Waals surface area contributed by atoms with Crippen LogP contribution in [0.3, 0.4) is 0 Å². The lowest BCUT2D eigenvalue weighted by Crippen LogP contribution is -2.27. The molecule has 0 unspecified atom stereocenters. The van der Waals surface area contributed by atoms with E-state index in [1.165, 1.54) is 18.1 Å². The Morgan fingerprint density at radius 2 is 2.25 bits per heavy atom. The van der Waals surface area contributed by atoms with E-state index < -0.39 is 12.1 Å². The first-order valence-corrected chi connectivity index (χ1v) is 6.18. The van der Waals surface area contributed by atoms with Gasteiger partial charge in [0.1, 0.15) is 23.6 Å². The van der Waals surface area contributed by atoms with Gasteiger partial charge in [-0.05, 0) is 19.1 Å². The molecule has 1 heterocycles. The molecule has 1 saturated heterocycles. The minimum absolute atomic E-state index is 0.116. The summed E-state index contributed by atoms with van der Waals surface area (Å²) < 4.78 is 15.1. The molecule has 0 aliphatic carbocycles. The highest BCUT2D eigenvalue weighted by Crippen LogP contribution is 2.37. The summed E-state index contributed by atoms with van der Waals surface area (Å²) in [6, 6.07) is 3.13. The quantitative estimate of drug-likeness (QED) is 0.662. The molecule has 0 atom stereocenters. The van der Waals surface area contributed by atoms with Crippen molar-refractivity contribution in [1.29, 1.82) is 0 Å². The largest absolute Gasteiger partial charge is 0.495 e. The van der Waals surface area contributed by atoms with E-state index in [1.807, 2.05) is 0 Å². The molecule has 1 aromatic rings. The molecular formula is C13H16N2O5. The molecule has 2 rings (SSSR count). The summed E-state index contributed by atoms with van der Waals surface area (Å²) in [5.41, 5.74) is 6.48. The first kappa shape index (κ1) is 14.0. The fourth-order valence-electron chi connectivity index (χ4n) is 2.03. The molecule has 1 fully saturated rings. The van der Waals surface area contributed by atoms with Gasteiger partial charge in [0.15, 0.2) is 0 Å². The predicted octanol–water partition coefficient (Wildman–Crippen LogP) is 1.41. The zero-order valence-corrected chi connectivity index (χ0v) is 11.3. The molecule has 1 aliphatic heterocycles. The Labute approximate surface area is 116 Å². The fourth-order valence-corrected chi connectivity index (χ4v) is 2.03. The molecule has 2 N–H and O–H groups in total. The van der Waals surface area contributed by atoms with Crippen LogP contribution in [0, 0.1) is 0 Å². The number of hydrogen-bond donors (Lipinski definition) is 1. The van der Waals surface area contributed by atoms with E-state index in [0.29, 0.717) is 12.3 Å². The van der Waals surface area contributed by atoms with Crippen LogP contribution in [0.4, 0.5) is 16.2 Å². The standard InChI is InChI=1S/C13H16N2O5/c1-3-19-12(16)10-8(14)4-5-9(18-2)11(10)15-6-7-20-13(15)17/h4-5H,3,6-7,14H2,1-2H3. The minimum atomic E-state index is -0.599. The zero-order valence-electron chi connectivity index (χ0n) is 11.3. The Kier molecular flexibility index (Phi) is 3.97. The van der Waals surface area contributed by atoms with Gasteiger partial charge >= 0.3 is 12.1 Å². The van der Waals surface area contributed by atoms with Crippen molar-refractivity contribution < 1.29 is 23.8 Å². The molecule has 0 saturated carbocycles. The first-order valence-electron chi connectivity index (χ1n) is 6.18. The maximum absolute atomic E-state index is 12.1. The number of nitrogen functional groups attached to an aromatic ring is 1. The summed E-state index contributed by atoms with van der Waals surface area (Å²) in [5.74, 6) is -0.236. The number of cyclic esters (lactones) is 1. The number of methoxy groups -OCH3 is 1. The summed E-state index contributed by atoms with van der Waals surface area (Å²) in [6.07, 6.45) is -0.542. The van der Waals surface area contributed by atoms with Crippen molar-refractivity contribution in [2.24, 2.45) is 0 Å². The van der Waals surface area contributed by atoms with Gasteiger partial charge in [0.2, 0.25) is 0 Å². The summed E-state index contributed by atoms with van der Waals surface area (Å²) in [7, 11) is 1.45. The molecule has 0 bridgehead atoms. The lowest BCUT2D eigenvalue weighted by Gasteiger charge is -2.20. The van der Waals surface area contributed by atoms with Crippen LogP contribution in [-0.4, -0.2) is 38.9 Å². The Balaban J connectivity index is 2.58. The lowest BCUT2D eigenvalue weighted by atomic mass is 10.1. The fraction of sp³-hybridized carbons (Fsp3) is 0.385. The van der Waals surface area contributed by atoms with Gasteiger partial charge in [-0.2, -0.15) is 0 Å². The smallest absolute Gasteiger partial charge is 0.414 e. The van der Waals surface area contributed by atoms with Crippen molar-refractivity contribution in [1.82, 2.24) is 0 Å². The topological polar surface area (TPSA) is 91.1 Å². The minimum Gasteiger partial charge on any atom is -0.495 e. The van der Waals surface area contributed by atoms with Gasteiger partial charge in [-0.25, -0.2) is 9.59 Å². The normalized spacial score (nSPS) is 14.1. The van der Waals surface area contributed by atoms with Gasteiger partial charge < -0.3 is 19.9 Å². The molecule has 7 heteroatoms. The maximum Gasteiger partial charge on any atom is 0.414 e. The average Bonchev–Trinajstić information content (AvgIpc) is 2.84. The Bertz CT molecular complexity index is 544. The second-order valence-electron chi connectivity index (χ2n) is 4.07. The predicted molar refractivity (Wildman–Crippen MR) is 72.1 cm³/mol. The highest BCUT2D eigenvalue weighted by Gasteiger charge is 2.32. The lowest BCUT2D eigenvalue weighted by molar-refractivity contribution is 0.0528. The summed E-state index contributed by atoms with van der Waals surface area (Å²) >= 11 is 0. The zero-order chi connectivity index (χ0) is 14.7. The number of rotatable bonds is 4. The molecular weight excluding hydrogens is 264 g/mol. The molecule has 0 aromatic heterocycles. The van der Waals surface area contributed by atoms with Crippen LogP contribution in [-0.2, 0) is 9.47 Å². The van der Waals surface area contributed by atoms with Crippen molar-refractivity contribution in [2.75, 3.05) is 37.5 Å². The molecule has 1 aliphatic rings. The summed E-state index contributed by atoms with van der Waals surface area (Å²) in [4.78, 5) is 25.1. The van der Waals surface area contributed by atoms with Crippen molar-refractivity contribution in [3.8, 4) is 5.75 Å². The van der Waals surface area contributed by atoms with Crippen molar-refractivity contribution in [3.63, 3.8) is 0 Å². The van der Waals surface area contributed by atoms with E-state index in [1.54, 1.807) is 13.0 Å². The maximum atomic E-state index is 12.1. The van der Waals surface area contributed by atoms with Gasteiger partial charge in [0, 0.05) is 5.69 Å². The Morgan fingerprint density at radius 3 is 2.80 bits per heavy atom. The van der Waals surface area contributed by atoms with E-state index in [2.05, 4.69) is 0 Å². The van der Waals surface area contributed by atoms with Crippen molar-refractivity contribution in [3.05, 3.63) is 17.7 Å². The SMILES string of the molecule is CCOC(=O)c1c(N)ccc(OC)c1N1CCOC1=O. The third-order valence-electron chi connectivity index (χ3n) is 2.90. The number of nitrogens with two attached hydrogens (primary N) is 1. The van der Waals surface area contributed by atoms with Crippen LogP contribution in [0.25, 0.3) is 0 Å². The molecule has 0 spiro atoms. The van der Waals surface area contributed by atoms with Crippen LogP contribution in [0.15, 0.2) is 12.1 Å². The van der Waals surface area contributed by atoms with Crippen LogP contribution >= 0.6 is 0 Å². The van der Waals surface area contributed by atoms with Crippen LogP contribution < -0.4 is 15.4 Å². The van der Waals surface area contributed by atoms with E-state index in [4.69, 9.17) is 19.9 Å². The van der Waals surface area contributed by atoms with Crippen LogP contribution in [0.5, 0.6) is 5.75 Å². The Hall–Kier alpha value is -2.44. The van der Waals surface area contributed by atoms with Gasteiger partial charge in [-0.1, -0.05) is 0 Å². The van der Waals surface area contributed by atoms with Gasteiger partial charge in [-0.15, -0.1) is 0 Å². The second-order valence-corrected chi connectivity index (χ2v) is 4.07. The Morgan fingerprint density at radius 1 is 1.50 bits per heavy atom. The van der Waals surface area contributed by atoms with Crippen LogP contribution in [0.2, 0.25) is 0 Å². The number of carbonyl (C=O) groups excluding carboxylic acids is 2. The van der Waals surface area contributed by atoms with E-state index in [0.717, 1.165) is 0 Å². The van der Waals surface area contributed by atoms with E-state index in [-0.39, 0.29) is 30.2 Å². The summed E-state index contributed by atoms with van der Waals surface area (Å²) in [5, 5.41) is 0. The molecule has 7 nitrogen and oxygen atoms in total. The molecule has 1 aromatic carbocycles. The number of esters is 1. The van der Waals surface area contributed by atoms with Gasteiger partial charge in [0.25, 0.3) is 0 Å².